The van der Waals surface area contributed by atoms with Gasteiger partial charge in [-0.15, -0.1) is 0 Å². The lowest BCUT2D eigenvalue weighted by Gasteiger charge is -2.15. The van der Waals surface area contributed by atoms with Crippen LogP contribution in [0.25, 0.3) is 0 Å². The third-order valence-electron chi connectivity index (χ3n) is 3.22. The Morgan fingerprint density at radius 1 is 1.50 bits per heavy atom. The Labute approximate surface area is 96.5 Å². The van der Waals surface area contributed by atoms with Gasteiger partial charge in [-0.1, -0.05) is 12.5 Å². The molecule has 0 spiro atoms. The third-order valence-corrected chi connectivity index (χ3v) is 3.22. The molecule has 0 aliphatic heterocycles. The van der Waals surface area contributed by atoms with E-state index in [4.69, 9.17) is 5.26 Å². The lowest BCUT2D eigenvalue weighted by molar-refractivity contribution is 0.468. The molecule has 2 rings (SSSR count). The first-order chi connectivity index (χ1) is 7.90. The molecule has 1 aromatic rings. The number of nitrogens with one attached hydrogen (secondary N) is 1. The Kier molecular flexibility index (Phi) is 3.90. The molecule has 1 saturated carbocycles. The Balaban J connectivity index is 1.74. The summed E-state index contributed by atoms with van der Waals surface area (Å²) in [5.41, 5.74) is 1.25. The predicted molar refractivity (Wildman–Crippen MR) is 62.7 cm³/mol. The van der Waals surface area contributed by atoms with E-state index in [1.807, 2.05) is 12.3 Å². The average molecular weight is 215 g/mol. The first kappa shape index (κ1) is 11.1. The summed E-state index contributed by atoms with van der Waals surface area (Å²) in [7, 11) is 0. The molecule has 16 heavy (non-hydrogen) atoms. The summed E-state index contributed by atoms with van der Waals surface area (Å²) in [5, 5.41) is 12.4. The van der Waals surface area contributed by atoms with E-state index in [9.17, 15) is 0 Å². The fraction of sp³-hybridized carbons (Fsp3) is 0.538. The van der Waals surface area contributed by atoms with Crippen LogP contribution >= 0.6 is 0 Å². The van der Waals surface area contributed by atoms with Crippen molar-refractivity contribution in [2.24, 2.45) is 5.92 Å². The summed E-state index contributed by atoms with van der Waals surface area (Å²) >= 11 is 0. The molecule has 2 atom stereocenters. The maximum absolute atomic E-state index is 8.95. The average Bonchev–Trinajstić information content (AvgIpc) is 2.78. The highest BCUT2D eigenvalue weighted by atomic mass is 14.9. The summed E-state index contributed by atoms with van der Waals surface area (Å²) in [4.78, 5) is 4.09. The van der Waals surface area contributed by atoms with Gasteiger partial charge in [-0.3, -0.25) is 4.98 Å². The molecule has 0 aromatic carbocycles. The van der Waals surface area contributed by atoms with Crippen LogP contribution in [0.1, 0.15) is 24.8 Å². The van der Waals surface area contributed by atoms with Crippen LogP contribution in [0, 0.1) is 17.2 Å². The minimum Gasteiger partial charge on any atom is -0.312 e. The lowest BCUT2D eigenvalue weighted by atomic mass is 10.1. The van der Waals surface area contributed by atoms with Crippen molar-refractivity contribution in [2.45, 2.75) is 31.7 Å². The fourth-order valence-electron chi connectivity index (χ4n) is 2.31. The van der Waals surface area contributed by atoms with Gasteiger partial charge in [0.15, 0.2) is 0 Å². The molecule has 1 N–H and O–H groups in total. The van der Waals surface area contributed by atoms with Crippen LogP contribution in [0.5, 0.6) is 0 Å². The van der Waals surface area contributed by atoms with Gasteiger partial charge in [-0.05, 0) is 37.4 Å². The highest BCUT2D eigenvalue weighted by molar-refractivity contribution is 5.09. The number of hydrogen-bond acceptors (Lipinski definition) is 3. The minimum absolute atomic E-state index is 0.217. The molecule has 1 aliphatic carbocycles. The largest absolute Gasteiger partial charge is 0.312 e. The second kappa shape index (κ2) is 5.62. The zero-order chi connectivity index (χ0) is 11.2. The van der Waals surface area contributed by atoms with Gasteiger partial charge < -0.3 is 5.32 Å². The van der Waals surface area contributed by atoms with E-state index < -0.39 is 0 Å². The lowest BCUT2D eigenvalue weighted by Crippen LogP contribution is -2.33. The quantitative estimate of drug-likeness (QED) is 0.834. The number of rotatable bonds is 4. The van der Waals surface area contributed by atoms with Crippen molar-refractivity contribution in [3.8, 4) is 6.07 Å². The van der Waals surface area contributed by atoms with Crippen molar-refractivity contribution in [3.05, 3.63) is 30.1 Å². The topological polar surface area (TPSA) is 48.7 Å². The number of hydrogen-bond donors (Lipinski definition) is 1. The van der Waals surface area contributed by atoms with E-state index in [1.165, 1.54) is 12.0 Å². The van der Waals surface area contributed by atoms with Gasteiger partial charge in [0.25, 0.3) is 0 Å². The van der Waals surface area contributed by atoms with Crippen LogP contribution in [-0.4, -0.2) is 17.6 Å². The number of aromatic nitrogens is 1. The summed E-state index contributed by atoms with van der Waals surface area (Å²) in [6, 6.07) is 6.84. The molecule has 84 valence electrons. The predicted octanol–water partition coefficient (Wildman–Crippen LogP) is 1.91. The van der Waals surface area contributed by atoms with Crippen molar-refractivity contribution >= 4 is 0 Å². The van der Waals surface area contributed by atoms with E-state index >= 15 is 0 Å². The fourth-order valence-corrected chi connectivity index (χ4v) is 2.31. The van der Waals surface area contributed by atoms with E-state index in [-0.39, 0.29) is 5.92 Å². The molecule has 0 bridgehead atoms. The van der Waals surface area contributed by atoms with Crippen LogP contribution in [0.3, 0.4) is 0 Å². The molecular weight excluding hydrogens is 198 g/mol. The minimum atomic E-state index is 0.217. The van der Waals surface area contributed by atoms with Gasteiger partial charge in [-0.2, -0.15) is 5.26 Å². The highest BCUT2D eigenvalue weighted by Gasteiger charge is 2.25. The zero-order valence-electron chi connectivity index (χ0n) is 9.39. The first-order valence-corrected chi connectivity index (χ1v) is 5.92. The van der Waals surface area contributed by atoms with Gasteiger partial charge >= 0.3 is 0 Å². The van der Waals surface area contributed by atoms with E-state index in [1.54, 1.807) is 6.20 Å². The molecule has 1 heterocycles. The number of nitriles is 1. The van der Waals surface area contributed by atoms with Gasteiger partial charge in [0.1, 0.15) is 0 Å². The van der Waals surface area contributed by atoms with Gasteiger partial charge in [0, 0.05) is 18.4 Å². The number of pyridine rings is 1. The smallest absolute Gasteiger partial charge is 0.0672 e. The maximum Gasteiger partial charge on any atom is 0.0672 e. The second-order valence-electron chi connectivity index (χ2n) is 4.34. The Morgan fingerprint density at radius 3 is 3.19 bits per heavy atom. The van der Waals surface area contributed by atoms with E-state index in [0.29, 0.717) is 6.04 Å². The van der Waals surface area contributed by atoms with Gasteiger partial charge in [0.2, 0.25) is 0 Å². The molecule has 1 aromatic heterocycles. The Morgan fingerprint density at radius 2 is 2.44 bits per heavy atom. The monoisotopic (exact) mass is 215 g/mol. The molecule has 2 unspecified atom stereocenters. The second-order valence-corrected chi connectivity index (χ2v) is 4.34. The van der Waals surface area contributed by atoms with Crippen LogP contribution in [-0.2, 0) is 6.42 Å². The van der Waals surface area contributed by atoms with Crippen LogP contribution < -0.4 is 5.32 Å². The molecule has 0 radical (unpaired) electrons. The van der Waals surface area contributed by atoms with Crippen LogP contribution in [0.2, 0.25) is 0 Å². The van der Waals surface area contributed by atoms with Crippen LogP contribution in [0.4, 0.5) is 0 Å². The first-order valence-electron chi connectivity index (χ1n) is 5.92. The summed E-state index contributed by atoms with van der Waals surface area (Å²) in [6.45, 7) is 0.939. The molecule has 1 aliphatic rings. The molecule has 0 saturated heterocycles. The SMILES string of the molecule is N#CC1CCCC1NCCc1cccnc1. The third kappa shape index (κ3) is 2.80. The standard InChI is InChI=1S/C13H17N3/c14-9-12-4-1-5-13(12)16-8-6-11-3-2-7-15-10-11/h2-3,7,10,12-13,16H,1,4-6,8H2. The normalized spacial score (nSPS) is 24.2. The van der Waals surface area contributed by atoms with Crippen molar-refractivity contribution in [1.29, 1.82) is 5.26 Å². The Bertz CT molecular complexity index is 355. The maximum atomic E-state index is 8.95. The number of nitrogens with zero attached hydrogens (tertiary/aromatic N) is 2. The molecule has 3 heteroatoms. The molecule has 1 fully saturated rings. The van der Waals surface area contributed by atoms with Gasteiger partial charge in [-0.25, -0.2) is 0 Å². The molecule has 0 amide bonds. The van der Waals surface area contributed by atoms with Gasteiger partial charge in [0.05, 0.1) is 12.0 Å². The van der Waals surface area contributed by atoms with Crippen molar-refractivity contribution in [1.82, 2.24) is 10.3 Å². The molecular formula is C13H17N3. The summed E-state index contributed by atoms with van der Waals surface area (Å²) in [6.07, 6.45) is 8.06. The zero-order valence-corrected chi connectivity index (χ0v) is 9.39. The molecule has 3 nitrogen and oxygen atoms in total. The van der Waals surface area contributed by atoms with Crippen LogP contribution in [0.15, 0.2) is 24.5 Å². The Hall–Kier alpha value is -1.40. The van der Waals surface area contributed by atoms with Crippen molar-refractivity contribution < 1.29 is 0 Å². The van der Waals surface area contributed by atoms with Crippen molar-refractivity contribution in [3.63, 3.8) is 0 Å². The summed E-state index contributed by atoms with van der Waals surface area (Å²) in [5.74, 6) is 0.217. The van der Waals surface area contributed by atoms with E-state index in [0.717, 1.165) is 25.8 Å². The highest BCUT2D eigenvalue weighted by Crippen LogP contribution is 2.24. The van der Waals surface area contributed by atoms with E-state index in [2.05, 4.69) is 22.4 Å². The van der Waals surface area contributed by atoms with Crippen molar-refractivity contribution in [2.75, 3.05) is 6.54 Å². The summed E-state index contributed by atoms with van der Waals surface area (Å²) < 4.78 is 0.